The number of methoxy groups -OCH3 is 1. The number of hydrogen-bond acceptors (Lipinski definition) is 4. The van der Waals surface area contributed by atoms with E-state index in [2.05, 4.69) is 24.1 Å². The second-order valence-corrected chi connectivity index (χ2v) is 5.28. The van der Waals surface area contributed by atoms with Crippen molar-refractivity contribution in [1.82, 2.24) is 10.2 Å². The molecular weight excluding hydrogens is 204 g/mol. The van der Waals surface area contributed by atoms with Crippen molar-refractivity contribution in [3.63, 3.8) is 0 Å². The molecule has 0 spiro atoms. The highest BCUT2D eigenvalue weighted by Crippen LogP contribution is 2.28. The van der Waals surface area contributed by atoms with Gasteiger partial charge < -0.3 is 15.0 Å². The number of hydrogen-bond donors (Lipinski definition) is 1. The molecule has 1 unspecified atom stereocenters. The lowest BCUT2D eigenvalue weighted by molar-refractivity contribution is -0.143. The Kier molecular flexibility index (Phi) is 4.74. The maximum absolute atomic E-state index is 11.5. The summed E-state index contributed by atoms with van der Waals surface area (Å²) < 4.78 is 4.80. The smallest absolute Gasteiger partial charge is 0.324 e. The molecule has 0 aromatic rings. The standard InChI is InChI=1S/C12H24N2O2/c1-5-13-10(11(15)16-4)8-14-7-6-12(2,3)9-14/h10,13H,5-9H2,1-4H3. The molecule has 1 heterocycles. The number of rotatable bonds is 5. The number of carbonyl (C=O) groups is 1. The first kappa shape index (κ1) is 13.5. The minimum atomic E-state index is -0.191. The Morgan fingerprint density at radius 3 is 2.69 bits per heavy atom. The summed E-state index contributed by atoms with van der Waals surface area (Å²) in [5.74, 6) is -0.161. The molecule has 0 amide bonds. The van der Waals surface area contributed by atoms with Crippen LogP contribution in [0.3, 0.4) is 0 Å². The quantitative estimate of drug-likeness (QED) is 0.709. The van der Waals surface area contributed by atoms with Crippen molar-refractivity contribution >= 4 is 5.97 Å². The topological polar surface area (TPSA) is 41.6 Å². The van der Waals surface area contributed by atoms with E-state index in [1.54, 1.807) is 0 Å². The molecule has 0 radical (unpaired) electrons. The van der Waals surface area contributed by atoms with Gasteiger partial charge in [0, 0.05) is 13.1 Å². The van der Waals surface area contributed by atoms with Gasteiger partial charge in [-0.05, 0) is 24.9 Å². The zero-order valence-corrected chi connectivity index (χ0v) is 10.9. The number of ether oxygens (including phenoxy) is 1. The molecule has 1 aliphatic rings. The van der Waals surface area contributed by atoms with Crippen LogP contribution in [0.25, 0.3) is 0 Å². The van der Waals surface area contributed by atoms with E-state index in [1.807, 2.05) is 6.92 Å². The third kappa shape index (κ3) is 3.76. The molecule has 1 saturated heterocycles. The molecule has 1 N–H and O–H groups in total. The van der Waals surface area contributed by atoms with Crippen LogP contribution in [0.15, 0.2) is 0 Å². The monoisotopic (exact) mass is 228 g/mol. The fourth-order valence-electron chi connectivity index (χ4n) is 2.25. The Bertz CT molecular complexity index is 241. The van der Waals surface area contributed by atoms with Crippen LogP contribution in [0.2, 0.25) is 0 Å². The van der Waals surface area contributed by atoms with Crippen LogP contribution in [-0.2, 0) is 9.53 Å². The number of nitrogens with zero attached hydrogens (tertiary/aromatic N) is 1. The van der Waals surface area contributed by atoms with E-state index < -0.39 is 0 Å². The Labute approximate surface area is 98.3 Å². The van der Waals surface area contributed by atoms with Crippen LogP contribution in [0.1, 0.15) is 27.2 Å². The summed E-state index contributed by atoms with van der Waals surface area (Å²) in [6, 6.07) is -0.191. The van der Waals surface area contributed by atoms with Gasteiger partial charge in [-0.1, -0.05) is 20.8 Å². The van der Waals surface area contributed by atoms with Crippen molar-refractivity contribution in [2.75, 3.05) is 33.3 Å². The third-order valence-corrected chi connectivity index (χ3v) is 3.13. The molecule has 0 aromatic carbocycles. The average molecular weight is 228 g/mol. The second-order valence-electron chi connectivity index (χ2n) is 5.28. The van der Waals surface area contributed by atoms with Crippen molar-refractivity contribution in [2.24, 2.45) is 5.41 Å². The van der Waals surface area contributed by atoms with Crippen LogP contribution in [0, 0.1) is 5.41 Å². The van der Waals surface area contributed by atoms with Gasteiger partial charge in [0.15, 0.2) is 0 Å². The highest BCUT2D eigenvalue weighted by atomic mass is 16.5. The van der Waals surface area contributed by atoms with Crippen molar-refractivity contribution in [2.45, 2.75) is 33.2 Å². The number of carbonyl (C=O) groups excluding carboxylic acids is 1. The van der Waals surface area contributed by atoms with E-state index in [4.69, 9.17) is 4.74 Å². The largest absolute Gasteiger partial charge is 0.468 e. The minimum Gasteiger partial charge on any atom is -0.468 e. The molecular formula is C12H24N2O2. The fraction of sp³-hybridized carbons (Fsp3) is 0.917. The van der Waals surface area contributed by atoms with Crippen molar-refractivity contribution in [3.05, 3.63) is 0 Å². The molecule has 16 heavy (non-hydrogen) atoms. The molecule has 0 bridgehead atoms. The molecule has 1 rings (SSSR count). The van der Waals surface area contributed by atoms with Gasteiger partial charge in [-0.2, -0.15) is 0 Å². The summed E-state index contributed by atoms with van der Waals surface area (Å²) in [6.45, 7) is 10.2. The predicted molar refractivity (Wildman–Crippen MR) is 64.3 cm³/mol. The number of likely N-dealkylation sites (tertiary alicyclic amines) is 1. The van der Waals surface area contributed by atoms with E-state index in [1.165, 1.54) is 13.5 Å². The van der Waals surface area contributed by atoms with Crippen LogP contribution >= 0.6 is 0 Å². The molecule has 4 heteroatoms. The van der Waals surface area contributed by atoms with Gasteiger partial charge >= 0.3 is 5.97 Å². The average Bonchev–Trinajstić information content (AvgIpc) is 2.56. The summed E-state index contributed by atoms with van der Waals surface area (Å²) in [6.07, 6.45) is 1.20. The lowest BCUT2D eigenvalue weighted by Crippen LogP contribution is -2.46. The Hall–Kier alpha value is -0.610. The van der Waals surface area contributed by atoms with Gasteiger partial charge in [0.25, 0.3) is 0 Å². The van der Waals surface area contributed by atoms with E-state index >= 15 is 0 Å². The van der Waals surface area contributed by atoms with Crippen LogP contribution in [0.4, 0.5) is 0 Å². The van der Waals surface area contributed by atoms with Gasteiger partial charge in [-0.3, -0.25) is 4.79 Å². The minimum absolute atomic E-state index is 0.161. The molecule has 4 nitrogen and oxygen atoms in total. The van der Waals surface area contributed by atoms with Crippen LogP contribution < -0.4 is 5.32 Å². The van der Waals surface area contributed by atoms with E-state index in [-0.39, 0.29) is 12.0 Å². The molecule has 0 saturated carbocycles. The zero-order chi connectivity index (χ0) is 12.2. The summed E-state index contributed by atoms with van der Waals surface area (Å²) in [7, 11) is 1.45. The molecule has 1 atom stereocenters. The third-order valence-electron chi connectivity index (χ3n) is 3.13. The van der Waals surface area contributed by atoms with Crippen molar-refractivity contribution < 1.29 is 9.53 Å². The van der Waals surface area contributed by atoms with E-state index in [0.717, 1.165) is 26.2 Å². The second kappa shape index (κ2) is 5.64. The maximum Gasteiger partial charge on any atom is 0.324 e. The lowest BCUT2D eigenvalue weighted by Gasteiger charge is -2.24. The molecule has 0 aliphatic carbocycles. The van der Waals surface area contributed by atoms with Crippen LogP contribution in [-0.4, -0.2) is 50.2 Å². The van der Waals surface area contributed by atoms with E-state index in [9.17, 15) is 4.79 Å². The van der Waals surface area contributed by atoms with Crippen molar-refractivity contribution in [1.29, 1.82) is 0 Å². The van der Waals surface area contributed by atoms with Gasteiger partial charge in [0.2, 0.25) is 0 Å². The summed E-state index contributed by atoms with van der Waals surface area (Å²) >= 11 is 0. The number of esters is 1. The number of likely N-dealkylation sites (N-methyl/N-ethyl adjacent to an activating group) is 1. The first-order chi connectivity index (χ1) is 7.48. The fourth-order valence-corrected chi connectivity index (χ4v) is 2.25. The highest BCUT2D eigenvalue weighted by Gasteiger charge is 2.31. The maximum atomic E-state index is 11.5. The first-order valence-electron chi connectivity index (χ1n) is 6.02. The number of nitrogens with one attached hydrogen (secondary N) is 1. The molecule has 0 aromatic heterocycles. The normalized spacial score (nSPS) is 22.0. The summed E-state index contributed by atoms with van der Waals surface area (Å²) in [5, 5.41) is 3.17. The summed E-state index contributed by atoms with van der Waals surface area (Å²) in [4.78, 5) is 13.9. The SMILES string of the molecule is CCNC(CN1CCC(C)(C)C1)C(=O)OC. The van der Waals surface area contributed by atoms with Gasteiger partial charge in [-0.25, -0.2) is 0 Å². The summed E-state index contributed by atoms with van der Waals surface area (Å²) in [5.41, 5.74) is 0.382. The molecule has 94 valence electrons. The van der Waals surface area contributed by atoms with Crippen molar-refractivity contribution in [3.8, 4) is 0 Å². The van der Waals surface area contributed by atoms with Gasteiger partial charge in [-0.15, -0.1) is 0 Å². The zero-order valence-electron chi connectivity index (χ0n) is 10.9. The predicted octanol–water partition coefficient (Wildman–Crippen LogP) is 0.869. The van der Waals surface area contributed by atoms with E-state index in [0.29, 0.717) is 5.41 Å². The van der Waals surface area contributed by atoms with Gasteiger partial charge in [0.1, 0.15) is 6.04 Å². The highest BCUT2D eigenvalue weighted by molar-refractivity contribution is 5.75. The Morgan fingerprint density at radius 2 is 2.25 bits per heavy atom. The first-order valence-corrected chi connectivity index (χ1v) is 6.02. The Balaban J connectivity index is 2.46. The molecule has 1 fully saturated rings. The van der Waals surface area contributed by atoms with Crippen LogP contribution in [0.5, 0.6) is 0 Å². The van der Waals surface area contributed by atoms with Gasteiger partial charge in [0.05, 0.1) is 7.11 Å². The lowest BCUT2D eigenvalue weighted by atomic mass is 9.93. The Morgan fingerprint density at radius 1 is 1.56 bits per heavy atom. The molecule has 1 aliphatic heterocycles.